The number of carbonyl (C=O) groups excluding carboxylic acids is 1. The fourth-order valence-corrected chi connectivity index (χ4v) is 1.58. The largest absolute Gasteiger partial charge is 0.480 e. The number of carboxylic acid groups (broad SMARTS) is 1. The molecule has 0 fully saturated rings. The number of hydrogen-bond acceptors (Lipinski definition) is 3. The van der Waals surface area contributed by atoms with Gasteiger partial charge in [-0.2, -0.15) is 0 Å². The van der Waals surface area contributed by atoms with Gasteiger partial charge in [0.15, 0.2) is 0 Å². The summed E-state index contributed by atoms with van der Waals surface area (Å²) in [5.41, 5.74) is 0. The molecule has 18 heavy (non-hydrogen) atoms. The van der Waals surface area contributed by atoms with Crippen molar-refractivity contribution in [2.75, 3.05) is 0 Å². The van der Waals surface area contributed by atoms with Crippen LogP contribution in [0, 0.1) is 0 Å². The zero-order valence-electron chi connectivity index (χ0n) is 10.5. The zero-order valence-corrected chi connectivity index (χ0v) is 10.5. The van der Waals surface area contributed by atoms with Crippen LogP contribution in [-0.4, -0.2) is 32.6 Å². The second kappa shape index (κ2) is 7.47. The normalized spacial score (nSPS) is 12.1. The van der Waals surface area contributed by atoms with E-state index in [1.54, 1.807) is 23.3 Å². The van der Waals surface area contributed by atoms with E-state index in [0.717, 1.165) is 12.8 Å². The Morgan fingerprint density at radius 3 is 2.83 bits per heavy atom. The van der Waals surface area contributed by atoms with Gasteiger partial charge in [-0.05, 0) is 6.42 Å². The van der Waals surface area contributed by atoms with Crippen molar-refractivity contribution in [2.24, 2.45) is 0 Å². The molecule has 0 aliphatic heterocycles. The van der Waals surface area contributed by atoms with Gasteiger partial charge in [0, 0.05) is 25.4 Å². The molecule has 6 nitrogen and oxygen atoms in total. The molecule has 0 aromatic carbocycles. The molecule has 0 spiro atoms. The second-order valence-electron chi connectivity index (χ2n) is 4.15. The number of nitrogens with one attached hydrogen (secondary N) is 1. The minimum atomic E-state index is -0.973. The van der Waals surface area contributed by atoms with Crippen molar-refractivity contribution in [1.82, 2.24) is 14.9 Å². The molecule has 0 aliphatic carbocycles. The Kier molecular flexibility index (Phi) is 5.90. The molecule has 1 aromatic rings. The van der Waals surface area contributed by atoms with E-state index < -0.39 is 12.0 Å². The van der Waals surface area contributed by atoms with Crippen LogP contribution in [0.1, 0.15) is 32.6 Å². The second-order valence-corrected chi connectivity index (χ2v) is 4.15. The van der Waals surface area contributed by atoms with Gasteiger partial charge in [-0.25, -0.2) is 9.78 Å². The minimum absolute atomic E-state index is 0.243. The molecule has 2 N–H and O–H groups in total. The van der Waals surface area contributed by atoms with E-state index in [-0.39, 0.29) is 12.3 Å². The van der Waals surface area contributed by atoms with Gasteiger partial charge < -0.3 is 15.0 Å². The summed E-state index contributed by atoms with van der Waals surface area (Å²) in [6.45, 7) is 2.49. The van der Waals surface area contributed by atoms with E-state index in [1.165, 1.54) is 0 Å². The molecule has 0 bridgehead atoms. The maximum absolute atomic E-state index is 11.6. The first-order valence-electron chi connectivity index (χ1n) is 6.11. The molecule has 1 atom stereocenters. The van der Waals surface area contributed by atoms with Crippen molar-refractivity contribution in [3.63, 3.8) is 0 Å². The lowest BCUT2D eigenvalue weighted by atomic mass is 10.1. The number of amides is 1. The molecular weight excluding hydrogens is 234 g/mol. The van der Waals surface area contributed by atoms with E-state index in [9.17, 15) is 9.59 Å². The van der Waals surface area contributed by atoms with E-state index in [4.69, 9.17) is 5.11 Å². The van der Waals surface area contributed by atoms with E-state index >= 15 is 0 Å². The molecule has 1 amide bonds. The van der Waals surface area contributed by atoms with Gasteiger partial charge in [-0.3, -0.25) is 4.79 Å². The molecular formula is C12H19N3O3. The Balaban J connectivity index is 2.34. The number of aryl methyl sites for hydroxylation is 1. The van der Waals surface area contributed by atoms with Crippen molar-refractivity contribution in [3.8, 4) is 0 Å². The van der Waals surface area contributed by atoms with Crippen LogP contribution in [-0.2, 0) is 16.1 Å². The number of carbonyl (C=O) groups is 2. The highest BCUT2D eigenvalue weighted by Gasteiger charge is 2.18. The average Bonchev–Trinajstić information content (AvgIpc) is 2.84. The van der Waals surface area contributed by atoms with Crippen LogP contribution in [0.15, 0.2) is 18.7 Å². The average molecular weight is 253 g/mol. The third-order valence-corrected chi connectivity index (χ3v) is 2.64. The van der Waals surface area contributed by atoms with Crippen LogP contribution in [0.2, 0.25) is 0 Å². The van der Waals surface area contributed by atoms with Crippen LogP contribution in [0.5, 0.6) is 0 Å². The Morgan fingerprint density at radius 1 is 1.50 bits per heavy atom. The van der Waals surface area contributed by atoms with Crippen LogP contribution in [0.4, 0.5) is 0 Å². The van der Waals surface area contributed by atoms with Crippen LogP contribution in [0.3, 0.4) is 0 Å². The van der Waals surface area contributed by atoms with Gasteiger partial charge in [0.2, 0.25) is 5.91 Å². The predicted octanol–water partition coefficient (Wildman–Crippen LogP) is 1.03. The molecule has 0 unspecified atom stereocenters. The lowest BCUT2D eigenvalue weighted by Crippen LogP contribution is -2.40. The quantitative estimate of drug-likeness (QED) is 0.724. The van der Waals surface area contributed by atoms with Crippen molar-refractivity contribution in [1.29, 1.82) is 0 Å². The number of hydrogen-bond donors (Lipinski definition) is 2. The number of rotatable bonds is 8. The molecule has 100 valence electrons. The predicted molar refractivity (Wildman–Crippen MR) is 65.9 cm³/mol. The molecule has 6 heteroatoms. The van der Waals surface area contributed by atoms with Gasteiger partial charge in [0.1, 0.15) is 6.04 Å². The van der Waals surface area contributed by atoms with Crippen molar-refractivity contribution in [2.45, 2.75) is 45.2 Å². The van der Waals surface area contributed by atoms with Crippen molar-refractivity contribution in [3.05, 3.63) is 18.7 Å². The highest BCUT2D eigenvalue weighted by Crippen LogP contribution is 2.01. The van der Waals surface area contributed by atoms with Crippen molar-refractivity contribution >= 4 is 11.9 Å². The molecule has 0 aliphatic rings. The molecule has 1 rings (SSSR count). The van der Waals surface area contributed by atoms with Gasteiger partial charge in [0.25, 0.3) is 0 Å². The van der Waals surface area contributed by atoms with Crippen LogP contribution < -0.4 is 5.32 Å². The fourth-order valence-electron chi connectivity index (χ4n) is 1.58. The van der Waals surface area contributed by atoms with Gasteiger partial charge in [-0.1, -0.05) is 19.8 Å². The summed E-state index contributed by atoms with van der Waals surface area (Å²) >= 11 is 0. The Morgan fingerprint density at radius 2 is 2.28 bits per heavy atom. The van der Waals surface area contributed by atoms with E-state index in [2.05, 4.69) is 10.3 Å². The summed E-state index contributed by atoms with van der Waals surface area (Å²) in [4.78, 5) is 26.4. The first-order valence-corrected chi connectivity index (χ1v) is 6.11. The topological polar surface area (TPSA) is 84.2 Å². The maximum atomic E-state index is 11.6. The van der Waals surface area contributed by atoms with Crippen molar-refractivity contribution < 1.29 is 14.7 Å². The van der Waals surface area contributed by atoms with Crippen LogP contribution >= 0.6 is 0 Å². The molecule has 0 saturated carbocycles. The summed E-state index contributed by atoms with van der Waals surface area (Å²) < 4.78 is 1.78. The number of nitrogens with zero attached hydrogens (tertiary/aromatic N) is 2. The highest BCUT2D eigenvalue weighted by atomic mass is 16.4. The number of imidazole rings is 1. The summed E-state index contributed by atoms with van der Waals surface area (Å²) in [6.07, 6.45) is 7.46. The van der Waals surface area contributed by atoms with Gasteiger partial charge in [-0.15, -0.1) is 0 Å². The first-order chi connectivity index (χ1) is 8.63. The standard InChI is InChI=1S/C12H19N3O3/c1-2-3-4-10(12(17)18)14-11(16)5-7-15-8-6-13-9-15/h6,8-10H,2-5,7H2,1H3,(H,14,16)(H,17,18)/t10-/m0/s1. The third-order valence-electron chi connectivity index (χ3n) is 2.64. The summed E-state index contributed by atoms with van der Waals surface area (Å²) in [5, 5.41) is 11.5. The SMILES string of the molecule is CCCC[C@H](NC(=O)CCn1ccnc1)C(=O)O. The molecule has 1 aromatic heterocycles. The molecule has 1 heterocycles. The first kappa shape index (κ1) is 14.2. The summed E-state index contributed by atoms with van der Waals surface area (Å²) in [5.74, 6) is -1.22. The number of carboxylic acids is 1. The molecule has 0 saturated heterocycles. The third kappa shape index (κ3) is 4.99. The maximum Gasteiger partial charge on any atom is 0.326 e. The summed E-state index contributed by atoms with van der Waals surface area (Å²) in [6, 6.07) is -0.778. The van der Waals surface area contributed by atoms with E-state index in [0.29, 0.717) is 13.0 Å². The lowest BCUT2D eigenvalue weighted by Gasteiger charge is -2.14. The Labute approximate surface area is 106 Å². The van der Waals surface area contributed by atoms with Gasteiger partial charge >= 0.3 is 5.97 Å². The number of unbranched alkanes of at least 4 members (excludes halogenated alkanes) is 1. The highest BCUT2D eigenvalue weighted by molar-refractivity contribution is 5.83. The van der Waals surface area contributed by atoms with Crippen LogP contribution in [0.25, 0.3) is 0 Å². The number of aliphatic carboxylic acids is 1. The van der Waals surface area contributed by atoms with E-state index in [1.807, 2.05) is 6.92 Å². The van der Waals surface area contributed by atoms with Gasteiger partial charge in [0.05, 0.1) is 6.33 Å². The smallest absolute Gasteiger partial charge is 0.326 e. The monoisotopic (exact) mass is 253 g/mol. The Hall–Kier alpha value is -1.85. The molecule has 0 radical (unpaired) electrons. The fraction of sp³-hybridized carbons (Fsp3) is 0.583. The number of aromatic nitrogens is 2. The minimum Gasteiger partial charge on any atom is -0.480 e. The zero-order chi connectivity index (χ0) is 13.4. The lowest BCUT2D eigenvalue weighted by molar-refractivity contribution is -0.142. The Bertz CT molecular complexity index is 376. The summed E-state index contributed by atoms with van der Waals surface area (Å²) in [7, 11) is 0.